The maximum Gasteiger partial charge on any atom is 0.273 e. The summed E-state index contributed by atoms with van der Waals surface area (Å²) in [7, 11) is 0. The van der Waals surface area contributed by atoms with Gasteiger partial charge in [0.25, 0.3) is 5.91 Å². The molecular weight excluding hydrogens is 360 g/mol. The van der Waals surface area contributed by atoms with E-state index in [1.54, 1.807) is 23.0 Å². The smallest absolute Gasteiger partial charge is 0.273 e. The largest absolute Gasteiger partial charge is 0.489 e. The number of carbonyl (C=O) groups excluding carboxylic acids is 2. The summed E-state index contributed by atoms with van der Waals surface area (Å²) in [6.07, 6.45) is 5.83. The van der Waals surface area contributed by atoms with Gasteiger partial charge in [0.1, 0.15) is 6.61 Å². The number of amides is 2. The first-order valence-electron chi connectivity index (χ1n) is 9.67. The van der Waals surface area contributed by atoms with Gasteiger partial charge in [-0.25, -0.2) is 9.67 Å². The molecule has 1 fully saturated rings. The highest BCUT2D eigenvalue weighted by Gasteiger charge is 2.30. The predicted octanol–water partition coefficient (Wildman–Crippen LogP) is 0.808. The molecule has 5 rings (SSSR count). The van der Waals surface area contributed by atoms with Gasteiger partial charge in [-0.3, -0.25) is 9.59 Å². The molecule has 9 nitrogen and oxygen atoms in total. The van der Waals surface area contributed by atoms with Crippen LogP contribution in [0.25, 0.3) is 0 Å². The van der Waals surface area contributed by atoms with Crippen molar-refractivity contribution in [2.75, 3.05) is 13.2 Å². The Bertz CT molecular complexity index is 867. The molecule has 3 aliphatic heterocycles. The first-order chi connectivity index (χ1) is 13.6. The fourth-order valence-corrected chi connectivity index (χ4v) is 3.80. The third-order valence-corrected chi connectivity index (χ3v) is 5.28. The number of carbonyl (C=O) groups is 2. The van der Waals surface area contributed by atoms with Crippen LogP contribution in [0.2, 0.25) is 0 Å². The van der Waals surface area contributed by atoms with E-state index in [9.17, 15) is 9.59 Å². The molecular formula is C19H24N6O3. The molecule has 0 aliphatic carbocycles. The molecule has 0 unspecified atom stereocenters. The molecule has 2 amide bonds. The Labute approximate surface area is 163 Å². The fraction of sp³-hybridized carbons (Fsp3) is 0.526. The van der Waals surface area contributed by atoms with Gasteiger partial charge in [0.05, 0.1) is 12.2 Å². The Morgan fingerprint density at radius 3 is 3.00 bits per heavy atom. The van der Waals surface area contributed by atoms with Crippen LogP contribution in [-0.2, 0) is 17.8 Å². The number of aromatic nitrogens is 4. The maximum atomic E-state index is 12.8. The van der Waals surface area contributed by atoms with Crippen molar-refractivity contribution >= 4 is 11.8 Å². The van der Waals surface area contributed by atoms with Crippen molar-refractivity contribution in [1.29, 1.82) is 0 Å². The molecule has 3 aliphatic rings. The van der Waals surface area contributed by atoms with Gasteiger partial charge in [0.2, 0.25) is 5.91 Å². The van der Waals surface area contributed by atoms with E-state index in [2.05, 4.69) is 20.6 Å². The molecule has 2 atom stereocenters. The van der Waals surface area contributed by atoms with Crippen molar-refractivity contribution in [2.45, 2.75) is 51.2 Å². The number of aryl methyl sites for hydroxylation is 1. The summed E-state index contributed by atoms with van der Waals surface area (Å²) < 4.78 is 7.48. The molecule has 28 heavy (non-hydrogen) atoms. The molecule has 0 spiro atoms. The van der Waals surface area contributed by atoms with Crippen LogP contribution in [0.4, 0.5) is 0 Å². The molecule has 2 aromatic rings. The summed E-state index contributed by atoms with van der Waals surface area (Å²) in [5.41, 5.74) is 1.07. The molecule has 5 heterocycles. The average Bonchev–Trinajstić information content (AvgIpc) is 3.14. The first-order valence-corrected chi connectivity index (χ1v) is 9.67. The second kappa shape index (κ2) is 7.95. The van der Waals surface area contributed by atoms with E-state index in [-0.39, 0.29) is 29.6 Å². The number of hydrogen-bond donors (Lipinski definition) is 1. The second-order valence-corrected chi connectivity index (χ2v) is 7.30. The maximum absolute atomic E-state index is 12.8. The van der Waals surface area contributed by atoms with Crippen LogP contribution in [0.15, 0.2) is 24.5 Å². The van der Waals surface area contributed by atoms with Gasteiger partial charge in [-0.2, -0.15) is 0 Å². The van der Waals surface area contributed by atoms with Gasteiger partial charge >= 0.3 is 0 Å². The SMILES string of the molecule is C[C@@H]1C[C@@H]2CCN1C(=O)CCc1cn(nn1)CCOc1cccnc1C(=O)N2. The average molecular weight is 384 g/mol. The number of nitrogens with zero attached hydrogens (tertiary/aromatic N) is 5. The number of rotatable bonds is 0. The van der Waals surface area contributed by atoms with E-state index in [4.69, 9.17) is 4.74 Å². The van der Waals surface area contributed by atoms with Gasteiger partial charge in [-0.1, -0.05) is 5.21 Å². The zero-order valence-electron chi connectivity index (χ0n) is 15.9. The van der Waals surface area contributed by atoms with E-state index in [0.29, 0.717) is 38.3 Å². The fourth-order valence-electron chi connectivity index (χ4n) is 3.80. The molecule has 9 heteroatoms. The lowest BCUT2D eigenvalue weighted by Crippen LogP contribution is -2.51. The summed E-state index contributed by atoms with van der Waals surface area (Å²) in [6, 6.07) is 3.56. The van der Waals surface area contributed by atoms with E-state index < -0.39 is 0 Å². The Morgan fingerprint density at radius 1 is 1.25 bits per heavy atom. The Kier molecular flexibility index (Phi) is 5.23. The minimum atomic E-state index is -0.250. The van der Waals surface area contributed by atoms with Crippen LogP contribution < -0.4 is 10.1 Å². The predicted molar refractivity (Wildman–Crippen MR) is 99.7 cm³/mol. The second-order valence-electron chi connectivity index (χ2n) is 7.30. The van der Waals surface area contributed by atoms with Gasteiger partial charge in [-0.15, -0.1) is 5.10 Å². The zero-order chi connectivity index (χ0) is 19.5. The summed E-state index contributed by atoms with van der Waals surface area (Å²) in [4.78, 5) is 31.5. The number of pyridine rings is 1. The Hall–Kier alpha value is -2.97. The van der Waals surface area contributed by atoms with E-state index in [1.165, 1.54) is 0 Å². The summed E-state index contributed by atoms with van der Waals surface area (Å²) in [5, 5.41) is 11.3. The van der Waals surface area contributed by atoms with Crippen LogP contribution in [0, 0.1) is 0 Å². The van der Waals surface area contributed by atoms with Crippen LogP contribution in [0.5, 0.6) is 5.75 Å². The zero-order valence-corrected chi connectivity index (χ0v) is 15.9. The van der Waals surface area contributed by atoms with E-state index in [0.717, 1.165) is 18.5 Å². The summed E-state index contributed by atoms with van der Waals surface area (Å²) in [6.45, 7) is 3.48. The van der Waals surface area contributed by atoms with Crippen molar-refractivity contribution < 1.29 is 14.3 Å². The molecule has 0 radical (unpaired) electrons. The van der Waals surface area contributed by atoms with Crippen molar-refractivity contribution in [1.82, 2.24) is 30.2 Å². The van der Waals surface area contributed by atoms with Gasteiger partial charge in [0.15, 0.2) is 11.4 Å². The quantitative estimate of drug-likeness (QED) is 0.721. The lowest BCUT2D eigenvalue weighted by molar-refractivity contribution is -0.134. The van der Waals surface area contributed by atoms with Crippen LogP contribution in [0.1, 0.15) is 42.4 Å². The molecule has 4 bridgehead atoms. The Morgan fingerprint density at radius 2 is 2.14 bits per heavy atom. The topological polar surface area (TPSA) is 102 Å². The molecule has 2 aromatic heterocycles. The minimum Gasteiger partial charge on any atom is -0.489 e. The standard InChI is InChI=1S/C19H24N6O3/c1-13-11-14-6-8-25(13)17(26)5-4-15-12-24(23-22-15)9-10-28-16-3-2-7-20-18(16)19(27)21-14/h2-3,7,12-14H,4-6,8-11H2,1H3,(H,21,27)/t13-,14+/m1/s1. The van der Waals surface area contributed by atoms with Crippen molar-refractivity contribution in [2.24, 2.45) is 0 Å². The summed E-state index contributed by atoms with van der Waals surface area (Å²) >= 11 is 0. The van der Waals surface area contributed by atoms with E-state index in [1.807, 2.05) is 18.0 Å². The van der Waals surface area contributed by atoms with Crippen LogP contribution in [0.3, 0.4) is 0 Å². The molecule has 1 saturated heterocycles. The number of hydrogen-bond acceptors (Lipinski definition) is 6. The Balaban J connectivity index is 1.58. The van der Waals surface area contributed by atoms with Crippen molar-refractivity contribution in [3.8, 4) is 5.75 Å². The highest BCUT2D eigenvalue weighted by Crippen LogP contribution is 2.21. The highest BCUT2D eigenvalue weighted by molar-refractivity contribution is 5.95. The van der Waals surface area contributed by atoms with Gasteiger partial charge in [-0.05, 0) is 31.9 Å². The van der Waals surface area contributed by atoms with Crippen LogP contribution >= 0.6 is 0 Å². The van der Waals surface area contributed by atoms with Crippen molar-refractivity contribution in [3.05, 3.63) is 35.9 Å². The number of fused-ring (bicyclic) bond motifs is 7. The third-order valence-electron chi connectivity index (χ3n) is 5.28. The monoisotopic (exact) mass is 384 g/mol. The summed E-state index contributed by atoms with van der Waals surface area (Å²) in [5.74, 6) is 0.316. The minimum absolute atomic E-state index is 0.00993. The van der Waals surface area contributed by atoms with E-state index >= 15 is 0 Å². The number of ether oxygens (including phenoxy) is 1. The number of nitrogens with one attached hydrogen (secondary N) is 1. The highest BCUT2D eigenvalue weighted by atomic mass is 16.5. The third kappa shape index (κ3) is 3.97. The first kappa shape index (κ1) is 18.4. The molecule has 0 saturated carbocycles. The normalized spacial score (nSPS) is 23.5. The molecule has 1 N–H and O–H groups in total. The van der Waals surface area contributed by atoms with Gasteiger partial charge in [0, 0.05) is 43.9 Å². The lowest BCUT2D eigenvalue weighted by Gasteiger charge is -2.38. The lowest BCUT2D eigenvalue weighted by atomic mass is 9.97. The number of piperidine rings is 1. The van der Waals surface area contributed by atoms with Crippen molar-refractivity contribution in [3.63, 3.8) is 0 Å². The molecule has 0 aromatic carbocycles. The van der Waals surface area contributed by atoms with Crippen LogP contribution in [-0.4, -0.2) is 61.9 Å². The molecule has 148 valence electrons. The van der Waals surface area contributed by atoms with Gasteiger partial charge < -0.3 is 15.0 Å².